The van der Waals surface area contributed by atoms with E-state index in [-0.39, 0.29) is 11.8 Å². The molecule has 0 spiro atoms. The minimum absolute atomic E-state index is 0.338. The summed E-state index contributed by atoms with van der Waals surface area (Å²) in [6, 6.07) is 10.9. The number of para-hydroxylation sites is 1. The van der Waals surface area contributed by atoms with Gasteiger partial charge < -0.3 is 9.80 Å². The molecule has 7 heteroatoms. The average molecular weight is 351 g/mol. The Balaban J connectivity index is 1.70. The second-order valence-electron chi connectivity index (χ2n) is 6.72. The molecule has 134 valence electrons. The number of imide groups is 1. The van der Waals surface area contributed by atoms with E-state index in [2.05, 4.69) is 27.3 Å². The molecule has 26 heavy (non-hydrogen) atoms. The maximum Gasteiger partial charge on any atom is 0.284 e. The first-order valence-corrected chi connectivity index (χ1v) is 8.70. The van der Waals surface area contributed by atoms with Crippen molar-refractivity contribution >= 4 is 23.3 Å². The van der Waals surface area contributed by atoms with Crippen molar-refractivity contribution in [3.8, 4) is 0 Å². The van der Waals surface area contributed by atoms with Gasteiger partial charge in [-0.15, -0.1) is 0 Å². The zero-order valence-corrected chi connectivity index (χ0v) is 14.9. The van der Waals surface area contributed by atoms with Crippen molar-refractivity contribution in [2.75, 3.05) is 43.6 Å². The number of amides is 2. The Kier molecular flexibility index (Phi) is 4.08. The van der Waals surface area contributed by atoms with Crippen LogP contribution < -0.4 is 10.3 Å². The van der Waals surface area contributed by atoms with Gasteiger partial charge in [-0.25, -0.2) is 4.98 Å². The highest BCUT2D eigenvalue weighted by molar-refractivity contribution is 6.24. The minimum Gasteiger partial charge on any atom is -0.353 e. The van der Waals surface area contributed by atoms with E-state index in [4.69, 9.17) is 0 Å². The van der Waals surface area contributed by atoms with Crippen LogP contribution in [0.15, 0.2) is 36.4 Å². The highest BCUT2D eigenvalue weighted by Crippen LogP contribution is 2.31. The van der Waals surface area contributed by atoms with Crippen LogP contribution in [0.4, 0.5) is 11.5 Å². The lowest BCUT2D eigenvalue weighted by molar-refractivity contribution is 0.0691. The standard InChI is InChI=1S/C19H21N5O2/c1-13-12-15-16(17(20-13)23-10-8-22(2)9-11-23)19(26)24(18(15)25)21-14-6-4-3-5-7-14/h3-7,12,21H,8-11H2,1-2H3. The zero-order valence-electron chi connectivity index (χ0n) is 14.9. The molecule has 1 N–H and O–H groups in total. The molecule has 3 heterocycles. The third kappa shape index (κ3) is 2.80. The van der Waals surface area contributed by atoms with Gasteiger partial charge in [0.05, 0.1) is 16.8 Å². The summed E-state index contributed by atoms with van der Waals surface area (Å²) in [5.74, 6) is -0.0752. The zero-order chi connectivity index (χ0) is 18.3. The molecule has 1 aromatic carbocycles. The maximum absolute atomic E-state index is 13.0. The maximum atomic E-state index is 13.0. The van der Waals surface area contributed by atoms with E-state index in [1.807, 2.05) is 37.3 Å². The molecule has 0 unspecified atom stereocenters. The number of hydrazine groups is 1. The predicted molar refractivity (Wildman–Crippen MR) is 99.2 cm³/mol. The lowest BCUT2D eigenvalue weighted by Gasteiger charge is -2.34. The number of nitrogens with zero attached hydrogens (tertiary/aromatic N) is 4. The number of carbonyl (C=O) groups is 2. The number of nitrogens with one attached hydrogen (secondary N) is 1. The molecule has 2 amide bonds. The van der Waals surface area contributed by atoms with Crippen molar-refractivity contribution in [1.29, 1.82) is 0 Å². The normalized spacial score (nSPS) is 17.6. The Bertz CT molecular complexity index is 860. The Morgan fingerprint density at radius 2 is 1.69 bits per heavy atom. The fourth-order valence-corrected chi connectivity index (χ4v) is 3.35. The number of aromatic nitrogens is 1. The Morgan fingerprint density at radius 1 is 1.00 bits per heavy atom. The van der Waals surface area contributed by atoms with Crippen LogP contribution in [0.25, 0.3) is 0 Å². The minimum atomic E-state index is -0.352. The summed E-state index contributed by atoms with van der Waals surface area (Å²) >= 11 is 0. The predicted octanol–water partition coefficient (Wildman–Crippen LogP) is 1.76. The van der Waals surface area contributed by atoms with Crippen LogP contribution in [0.2, 0.25) is 0 Å². The summed E-state index contributed by atoms with van der Waals surface area (Å²) in [5.41, 5.74) is 5.16. The van der Waals surface area contributed by atoms with Crippen LogP contribution in [-0.2, 0) is 0 Å². The highest BCUT2D eigenvalue weighted by Gasteiger charge is 2.40. The molecule has 1 saturated heterocycles. The topological polar surface area (TPSA) is 68.8 Å². The molecule has 2 aliphatic heterocycles. The van der Waals surface area contributed by atoms with Crippen LogP contribution in [0.3, 0.4) is 0 Å². The van der Waals surface area contributed by atoms with Crippen molar-refractivity contribution < 1.29 is 9.59 Å². The summed E-state index contributed by atoms with van der Waals surface area (Å²) in [7, 11) is 2.08. The lowest BCUT2D eigenvalue weighted by Crippen LogP contribution is -2.45. The van der Waals surface area contributed by atoms with Crippen molar-refractivity contribution in [3.63, 3.8) is 0 Å². The molecule has 0 atom stereocenters. The van der Waals surface area contributed by atoms with Crippen LogP contribution >= 0.6 is 0 Å². The van der Waals surface area contributed by atoms with Gasteiger partial charge in [0.1, 0.15) is 5.82 Å². The highest BCUT2D eigenvalue weighted by atomic mass is 16.2. The first-order valence-electron chi connectivity index (χ1n) is 8.70. The summed E-state index contributed by atoms with van der Waals surface area (Å²) in [6.07, 6.45) is 0. The average Bonchev–Trinajstić information content (AvgIpc) is 2.87. The molecule has 2 aliphatic rings. The summed E-state index contributed by atoms with van der Waals surface area (Å²) in [6.45, 7) is 5.22. The first kappa shape index (κ1) is 16.5. The third-order valence-corrected chi connectivity index (χ3v) is 4.80. The molecular weight excluding hydrogens is 330 g/mol. The Morgan fingerprint density at radius 3 is 2.38 bits per heavy atom. The monoisotopic (exact) mass is 351 g/mol. The fraction of sp³-hybridized carbons (Fsp3) is 0.316. The number of rotatable bonds is 3. The second kappa shape index (κ2) is 6.42. The van der Waals surface area contributed by atoms with Crippen LogP contribution in [0.5, 0.6) is 0 Å². The van der Waals surface area contributed by atoms with Gasteiger partial charge in [0.2, 0.25) is 0 Å². The number of hydrogen-bond donors (Lipinski definition) is 1. The number of hydrogen-bond acceptors (Lipinski definition) is 6. The van der Waals surface area contributed by atoms with Crippen molar-refractivity contribution in [3.05, 3.63) is 53.2 Å². The van der Waals surface area contributed by atoms with Crippen molar-refractivity contribution in [2.45, 2.75) is 6.92 Å². The van der Waals surface area contributed by atoms with E-state index in [0.717, 1.165) is 36.9 Å². The molecule has 0 radical (unpaired) electrons. The van der Waals surface area contributed by atoms with Gasteiger partial charge in [-0.3, -0.25) is 15.0 Å². The van der Waals surface area contributed by atoms with Crippen molar-refractivity contribution in [2.24, 2.45) is 0 Å². The number of likely N-dealkylation sites (N-methyl/N-ethyl adjacent to an activating group) is 1. The lowest BCUT2D eigenvalue weighted by atomic mass is 10.1. The fourth-order valence-electron chi connectivity index (χ4n) is 3.35. The molecule has 4 rings (SSSR count). The SMILES string of the molecule is Cc1cc2c(c(N3CCN(C)CC3)n1)C(=O)N(Nc1ccccc1)C2=O. The van der Waals surface area contributed by atoms with Gasteiger partial charge in [-0.1, -0.05) is 18.2 Å². The Hall–Kier alpha value is -2.93. The van der Waals surface area contributed by atoms with Gasteiger partial charge in [0, 0.05) is 31.9 Å². The van der Waals surface area contributed by atoms with Gasteiger partial charge in [-0.2, -0.15) is 5.01 Å². The van der Waals surface area contributed by atoms with E-state index in [0.29, 0.717) is 22.6 Å². The number of fused-ring (bicyclic) bond motifs is 1. The van der Waals surface area contributed by atoms with Gasteiger partial charge in [0.15, 0.2) is 0 Å². The summed E-state index contributed by atoms with van der Waals surface area (Å²) in [4.78, 5) is 34.8. The van der Waals surface area contributed by atoms with Crippen molar-refractivity contribution in [1.82, 2.24) is 14.9 Å². The van der Waals surface area contributed by atoms with E-state index in [1.165, 1.54) is 0 Å². The second-order valence-corrected chi connectivity index (χ2v) is 6.72. The number of pyridine rings is 1. The number of piperazine rings is 1. The van der Waals surface area contributed by atoms with Crippen LogP contribution in [0.1, 0.15) is 26.4 Å². The largest absolute Gasteiger partial charge is 0.353 e. The number of carbonyl (C=O) groups excluding carboxylic acids is 2. The number of anilines is 2. The van der Waals surface area contributed by atoms with Crippen LogP contribution in [0, 0.1) is 6.92 Å². The van der Waals surface area contributed by atoms with Crippen LogP contribution in [-0.4, -0.2) is 59.9 Å². The van der Waals surface area contributed by atoms with Gasteiger partial charge in [-0.05, 0) is 32.2 Å². The molecule has 2 aromatic rings. The van der Waals surface area contributed by atoms with E-state index < -0.39 is 0 Å². The number of benzene rings is 1. The molecule has 7 nitrogen and oxygen atoms in total. The molecular formula is C19H21N5O2. The van der Waals surface area contributed by atoms with E-state index in [1.54, 1.807) is 6.07 Å². The van der Waals surface area contributed by atoms with Gasteiger partial charge in [0.25, 0.3) is 11.8 Å². The molecule has 0 saturated carbocycles. The summed E-state index contributed by atoms with van der Waals surface area (Å²) in [5, 5.41) is 1.08. The molecule has 0 bridgehead atoms. The van der Waals surface area contributed by atoms with E-state index in [9.17, 15) is 9.59 Å². The van der Waals surface area contributed by atoms with E-state index >= 15 is 0 Å². The molecule has 1 aromatic heterocycles. The third-order valence-electron chi connectivity index (χ3n) is 4.80. The molecule has 0 aliphatic carbocycles. The molecule has 1 fully saturated rings. The first-order chi connectivity index (χ1) is 12.5. The van der Waals surface area contributed by atoms with Gasteiger partial charge >= 0.3 is 0 Å². The Labute approximate surface area is 152 Å². The number of aryl methyl sites for hydroxylation is 1. The summed E-state index contributed by atoms with van der Waals surface area (Å²) < 4.78 is 0. The smallest absolute Gasteiger partial charge is 0.284 e. The quantitative estimate of drug-likeness (QED) is 0.850.